The van der Waals surface area contributed by atoms with E-state index in [1.807, 2.05) is 13.8 Å². The van der Waals surface area contributed by atoms with Crippen LogP contribution in [-0.2, 0) is 13.0 Å². The third-order valence-electron chi connectivity index (χ3n) is 3.66. The Kier molecular flexibility index (Phi) is 5.62. The number of halogens is 1. The second kappa shape index (κ2) is 8.09. The van der Waals surface area contributed by atoms with Crippen LogP contribution < -0.4 is 10.1 Å². The Morgan fingerprint density at radius 2 is 2.04 bits per heavy atom. The number of oxazole rings is 1. The predicted octanol–water partition coefficient (Wildman–Crippen LogP) is 3.44. The molecule has 0 saturated heterocycles. The highest BCUT2D eigenvalue weighted by Crippen LogP contribution is 2.16. The van der Waals surface area contributed by atoms with Gasteiger partial charge in [0, 0.05) is 17.8 Å². The number of hydrogen-bond donors (Lipinski definition) is 1. The van der Waals surface area contributed by atoms with E-state index in [2.05, 4.69) is 15.3 Å². The molecule has 0 radical (unpaired) electrons. The first-order chi connectivity index (χ1) is 12.5. The van der Waals surface area contributed by atoms with Gasteiger partial charge < -0.3 is 14.5 Å². The van der Waals surface area contributed by atoms with Crippen molar-refractivity contribution in [1.82, 2.24) is 15.3 Å². The lowest BCUT2D eigenvalue weighted by Crippen LogP contribution is -2.26. The first kappa shape index (κ1) is 18.1. The van der Waals surface area contributed by atoms with Gasteiger partial charge in [0.15, 0.2) is 12.3 Å². The van der Waals surface area contributed by atoms with Crippen LogP contribution in [0.1, 0.15) is 32.0 Å². The Morgan fingerprint density at radius 3 is 2.73 bits per heavy atom. The van der Waals surface area contributed by atoms with Gasteiger partial charge in [0.1, 0.15) is 17.8 Å². The summed E-state index contributed by atoms with van der Waals surface area (Å²) in [5.74, 6) is 0.109. The second-order valence-corrected chi connectivity index (χ2v) is 6.91. The average Bonchev–Trinajstić information content (AvgIpc) is 3.21. The first-order valence-electron chi connectivity index (χ1n) is 8.05. The van der Waals surface area contributed by atoms with E-state index < -0.39 is 0 Å². The van der Waals surface area contributed by atoms with Crippen LogP contribution in [0.3, 0.4) is 0 Å². The van der Waals surface area contributed by atoms with Crippen LogP contribution in [0.5, 0.6) is 5.75 Å². The van der Waals surface area contributed by atoms with Crippen molar-refractivity contribution in [3.05, 3.63) is 63.5 Å². The van der Waals surface area contributed by atoms with Gasteiger partial charge in [0.25, 0.3) is 5.91 Å². The van der Waals surface area contributed by atoms with E-state index in [1.54, 1.807) is 11.3 Å². The molecule has 26 heavy (non-hydrogen) atoms. The molecule has 1 amide bonds. The molecule has 0 fully saturated rings. The van der Waals surface area contributed by atoms with E-state index in [9.17, 15) is 9.18 Å². The van der Waals surface area contributed by atoms with Gasteiger partial charge in [-0.25, -0.2) is 14.4 Å². The van der Waals surface area contributed by atoms with E-state index in [0.29, 0.717) is 18.7 Å². The number of aryl methyl sites for hydroxylation is 2. The van der Waals surface area contributed by atoms with E-state index in [1.165, 1.54) is 35.4 Å². The van der Waals surface area contributed by atoms with Gasteiger partial charge in [0.05, 0.1) is 10.7 Å². The summed E-state index contributed by atoms with van der Waals surface area (Å²) in [6.07, 6.45) is 1.96. The van der Waals surface area contributed by atoms with Crippen LogP contribution in [0.25, 0.3) is 0 Å². The molecule has 0 spiro atoms. The number of carbonyl (C=O) groups excluding carboxylic acids is 1. The zero-order valence-electron chi connectivity index (χ0n) is 14.4. The normalized spacial score (nSPS) is 10.7. The van der Waals surface area contributed by atoms with Crippen molar-refractivity contribution < 1.29 is 18.3 Å². The monoisotopic (exact) mass is 375 g/mol. The molecule has 0 aliphatic rings. The van der Waals surface area contributed by atoms with Crippen LogP contribution in [-0.4, -0.2) is 22.4 Å². The number of carbonyl (C=O) groups is 1. The topological polar surface area (TPSA) is 77.2 Å². The van der Waals surface area contributed by atoms with Gasteiger partial charge in [0.2, 0.25) is 5.89 Å². The number of aromatic nitrogens is 2. The van der Waals surface area contributed by atoms with Crippen LogP contribution in [0.15, 0.2) is 34.9 Å². The van der Waals surface area contributed by atoms with Crippen molar-refractivity contribution in [3.8, 4) is 5.75 Å². The quantitative estimate of drug-likeness (QED) is 0.684. The molecule has 1 aromatic carbocycles. The highest BCUT2D eigenvalue weighted by atomic mass is 32.1. The molecule has 0 saturated carbocycles. The molecule has 0 aliphatic carbocycles. The fourth-order valence-electron chi connectivity index (χ4n) is 2.18. The van der Waals surface area contributed by atoms with Crippen LogP contribution in [0.2, 0.25) is 0 Å². The maximum absolute atomic E-state index is 12.8. The lowest BCUT2D eigenvalue weighted by atomic mass is 10.3. The minimum absolute atomic E-state index is 0.0522. The van der Waals surface area contributed by atoms with Gasteiger partial charge in [-0.15, -0.1) is 11.3 Å². The number of amides is 1. The van der Waals surface area contributed by atoms with Crippen molar-refractivity contribution in [1.29, 1.82) is 0 Å². The van der Waals surface area contributed by atoms with Crippen LogP contribution in [0.4, 0.5) is 4.39 Å². The highest BCUT2D eigenvalue weighted by molar-refractivity contribution is 7.11. The minimum atomic E-state index is -0.337. The summed E-state index contributed by atoms with van der Waals surface area (Å²) in [6, 6.07) is 5.62. The summed E-state index contributed by atoms with van der Waals surface area (Å²) < 4.78 is 23.5. The highest BCUT2D eigenvalue weighted by Gasteiger charge is 2.13. The Hall–Kier alpha value is -2.74. The summed E-state index contributed by atoms with van der Waals surface area (Å²) >= 11 is 1.63. The van der Waals surface area contributed by atoms with Crippen LogP contribution >= 0.6 is 11.3 Å². The third kappa shape index (κ3) is 4.66. The van der Waals surface area contributed by atoms with E-state index in [4.69, 9.17) is 9.15 Å². The fraction of sp³-hybridized carbons (Fsp3) is 0.278. The maximum Gasteiger partial charge on any atom is 0.273 e. The number of hydrogen-bond acceptors (Lipinski definition) is 6. The molecule has 1 N–H and O–H groups in total. The molecule has 2 aromatic heterocycles. The smallest absolute Gasteiger partial charge is 0.273 e. The van der Waals surface area contributed by atoms with Gasteiger partial charge in [-0.1, -0.05) is 0 Å². The molecule has 3 aromatic rings. The molecule has 0 aliphatic heterocycles. The van der Waals surface area contributed by atoms with Gasteiger partial charge in [-0.2, -0.15) is 0 Å². The number of ether oxygens (including phenoxy) is 1. The number of thiazole rings is 1. The standard InChI is InChI=1S/C18H18FN3O3S/c1-11-12(2)26-17(21-11)7-8-20-18(23)15-9-25-16(22-15)10-24-14-5-3-13(19)4-6-14/h3-6,9H,7-8,10H2,1-2H3,(H,20,23). The first-order valence-corrected chi connectivity index (χ1v) is 8.87. The lowest BCUT2D eigenvalue weighted by molar-refractivity contribution is 0.0949. The summed E-state index contributed by atoms with van der Waals surface area (Å²) in [7, 11) is 0. The molecule has 6 nitrogen and oxygen atoms in total. The van der Waals surface area contributed by atoms with Crippen molar-refractivity contribution in [2.75, 3.05) is 6.54 Å². The molecule has 0 unspecified atom stereocenters. The lowest BCUT2D eigenvalue weighted by Gasteiger charge is -2.02. The minimum Gasteiger partial charge on any atom is -0.484 e. The molecule has 8 heteroatoms. The summed E-state index contributed by atoms with van der Waals surface area (Å²) in [6.45, 7) is 4.52. The van der Waals surface area contributed by atoms with Crippen molar-refractivity contribution in [2.45, 2.75) is 26.9 Å². The van der Waals surface area contributed by atoms with E-state index in [-0.39, 0.29) is 29.9 Å². The average molecular weight is 375 g/mol. The molecule has 0 atom stereocenters. The van der Waals surface area contributed by atoms with Crippen molar-refractivity contribution in [2.24, 2.45) is 0 Å². The Morgan fingerprint density at radius 1 is 1.27 bits per heavy atom. The predicted molar refractivity (Wildman–Crippen MR) is 94.9 cm³/mol. The molecule has 0 bridgehead atoms. The van der Waals surface area contributed by atoms with E-state index >= 15 is 0 Å². The molecule has 3 rings (SSSR count). The van der Waals surface area contributed by atoms with Crippen molar-refractivity contribution >= 4 is 17.2 Å². The molecule has 2 heterocycles. The number of benzene rings is 1. The Labute approximate surface area is 154 Å². The Bertz CT molecular complexity index is 870. The SMILES string of the molecule is Cc1nc(CCNC(=O)c2coc(COc3ccc(F)cc3)n2)sc1C. The van der Waals surface area contributed by atoms with Gasteiger partial charge >= 0.3 is 0 Å². The summed E-state index contributed by atoms with van der Waals surface area (Å²) in [5.41, 5.74) is 1.22. The third-order valence-corrected chi connectivity index (χ3v) is 4.79. The number of rotatable bonds is 7. The van der Waals surface area contributed by atoms with Gasteiger partial charge in [-0.05, 0) is 38.1 Å². The zero-order chi connectivity index (χ0) is 18.5. The maximum atomic E-state index is 12.8. The number of nitrogens with one attached hydrogen (secondary N) is 1. The molecular weight excluding hydrogens is 357 g/mol. The number of nitrogens with zero attached hydrogens (tertiary/aromatic N) is 2. The van der Waals surface area contributed by atoms with E-state index in [0.717, 1.165) is 10.7 Å². The largest absolute Gasteiger partial charge is 0.484 e. The second-order valence-electron chi connectivity index (χ2n) is 5.62. The zero-order valence-corrected chi connectivity index (χ0v) is 15.2. The van der Waals surface area contributed by atoms with Crippen molar-refractivity contribution in [3.63, 3.8) is 0 Å². The molecular formula is C18H18FN3O3S. The van der Waals surface area contributed by atoms with Gasteiger partial charge in [-0.3, -0.25) is 4.79 Å². The van der Waals surface area contributed by atoms with Crippen LogP contribution in [0, 0.1) is 19.7 Å². The molecule has 136 valence electrons. The summed E-state index contributed by atoms with van der Waals surface area (Å²) in [4.78, 5) is 21.8. The summed E-state index contributed by atoms with van der Waals surface area (Å²) in [5, 5.41) is 3.79. The Balaban J connectivity index is 1.47. The fourth-order valence-corrected chi connectivity index (χ4v) is 3.11.